The van der Waals surface area contributed by atoms with Gasteiger partial charge in [0.25, 0.3) is 0 Å². The van der Waals surface area contributed by atoms with Gasteiger partial charge in [-0.1, -0.05) is 24.3 Å². The first kappa shape index (κ1) is 13.0. The van der Waals surface area contributed by atoms with Crippen molar-refractivity contribution in [2.45, 2.75) is 25.6 Å². The second-order valence-electron chi connectivity index (χ2n) is 4.68. The van der Waals surface area contributed by atoms with Crippen LogP contribution in [0.15, 0.2) is 24.3 Å². The first-order valence-electron chi connectivity index (χ1n) is 6.07. The SMILES string of the molecule is N#C[C@]1(CO)Cc2ccccc2CO[C@@H]1CCO. The van der Waals surface area contributed by atoms with Gasteiger partial charge in [0.05, 0.1) is 25.4 Å². The van der Waals surface area contributed by atoms with Crippen LogP contribution in [-0.4, -0.2) is 29.5 Å². The Hall–Kier alpha value is -1.41. The highest BCUT2D eigenvalue weighted by Crippen LogP contribution is 2.35. The third kappa shape index (κ3) is 2.25. The van der Waals surface area contributed by atoms with Crippen LogP contribution in [0.4, 0.5) is 0 Å². The number of rotatable bonds is 3. The molecule has 0 saturated heterocycles. The van der Waals surface area contributed by atoms with Crippen molar-refractivity contribution in [2.24, 2.45) is 5.41 Å². The van der Waals surface area contributed by atoms with E-state index in [1.807, 2.05) is 24.3 Å². The number of hydrogen-bond acceptors (Lipinski definition) is 4. The first-order chi connectivity index (χ1) is 8.75. The van der Waals surface area contributed by atoms with Crippen LogP contribution in [0.3, 0.4) is 0 Å². The number of aliphatic hydroxyl groups excluding tert-OH is 2. The minimum absolute atomic E-state index is 0.0511. The summed E-state index contributed by atoms with van der Waals surface area (Å²) in [5.41, 5.74) is 1.12. The number of fused-ring (bicyclic) bond motifs is 1. The summed E-state index contributed by atoms with van der Waals surface area (Å²) in [5.74, 6) is 0. The summed E-state index contributed by atoms with van der Waals surface area (Å²) in [7, 11) is 0. The number of nitrogens with zero attached hydrogens (tertiary/aromatic N) is 1. The lowest BCUT2D eigenvalue weighted by molar-refractivity contribution is -0.0516. The van der Waals surface area contributed by atoms with E-state index in [4.69, 9.17) is 9.84 Å². The van der Waals surface area contributed by atoms with Gasteiger partial charge in [-0.25, -0.2) is 0 Å². The standard InChI is InChI=1S/C14H17NO3/c15-9-14(10-17)7-11-3-1-2-4-12(11)8-18-13(14)5-6-16/h1-4,13,16-17H,5-8,10H2/t13-,14+/m1/s1. The maximum atomic E-state index is 9.61. The van der Waals surface area contributed by atoms with Gasteiger partial charge in [0.15, 0.2) is 0 Å². The van der Waals surface area contributed by atoms with Crippen molar-refractivity contribution in [2.75, 3.05) is 13.2 Å². The molecule has 1 aromatic carbocycles. The first-order valence-corrected chi connectivity index (χ1v) is 6.07. The van der Waals surface area contributed by atoms with Crippen LogP contribution in [0.25, 0.3) is 0 Å². The molecule has 4 nitrogen and oxygen atoms in total. The van der Waals surface area contributed by atoms with Crippen molar-refractivity contribution in [3.63, 3.8) is 0 Å². The monoisotopic (exact) mass is 247 g/mol. The fraction of sp³-hybridized carbons (Fsp3) is 0.500. The third-order valence-electron chi connectivity index (χ3n) is 3.58. The maximum absolute atomic E-state index is 9.61. The highest BCUT2D eigenvalue weighted by Gasteiger charge is 2.41. The van der Waals surface area contributed by atoms with E-state index in [2.05, 4.69) is 6.07 Å². The molecule has 1 aliphatic heterocycles. The van der Waals surface area contributed by atoms with E-state index in [1.165, 1.54) is 0 Å². The Labute approximate surface area is 106 Å². The van der Waals surface area contributed by atoms with Crippen LogP contribution < -0.4 is 0 Å². The van der Waals surface area contributed by atoms with Gasteiger partial charge in [0.1, 0.15) is 5.41 Å². The molecule has 4 heteroatoms. The highest BCUT2D eigenvalue weighted by atomic mass is 16.5. The fourth-order valence-electron chi connectivity index (χ4n) is 2.46. The van der Waals surface area contributed by atoms with E-state index >= 15 is 0 Å². The summed E-state index contributed by atoms with van der Waals surface area (Å²) >= 11 is 0. The molecule has 1 aromatic rings. The smallest absolute Gasteiger partial charge is 0.110 e. The summed E-state index contributed by atoms with van der Waals surface area (Å²) in [6.07, 6.45) is 0.382. The minimum Gasteiger partial charge on any atom is -0.396 e. The molecular formula is C14H17NO3. The van der Waals surface area contributed by atoms with E-state index in [-0.39, 0.29) is 13.2 Å². The number of nitriles is 1. The molecule has 2 N–H and O–H groups in total. The fourth-order valence-corrected chi connectivity index (χ4v) is 2.46. The van der Waals surface area contributed by atoms with Gasteiger partial charge in [0.2, 0.25) is 0 Å². The van der Waals surface area contributed by atoms with Crippen LogP contribution in [0.1, 0.15) is 17.5 Å². The average molecular weight is 247 g/mol. The summed E-state index contributed by atoms with van der Waals surface area (Å²) in [6, 6.07) is 9.98. The average Bonchev–Trinajstić information content (AvgIpc) is 2.57. The zero-order chi connectivity index (χ0) is 13.0. The Bertz CT molecular complexity index is 455. The minimum atomic E-state index is -0.963. The van der Waals surface area contributed by atoms with Crippen LogP contribution in [-0.2, 0) is 17.8 Å². The molecule has 1 aliphatic rings. The molecule has 1 heterocycles. The molecule has 18 heavy (non-hydrogen) atoms. The topological polar surface area (TPSA) is 73.5 Å². The van der Waals surface area contributed by atoms with Gasteiger partial charge >= 0.3 is 0 Å². The number of ether oxygens (including phenoxy) is 1. The molecule has 0 bridgehead atoms. The summed E-state index contributed by atoms with van der Waals surface area (Å²) in [5, 5.41) is 28.1. The van der Waals surface area contributed by atoms with E-state index in [1.54, 1.807) is 0 Å². The summed E-state index contributed by atoms with van der Waals surface area (Å²) < 4.78 is 5.73. The van der Waals surface area contributed by atoms with Crippen molar-refractivity contribution in [3.05, 3.63) is 35.4 Å². The van der Waals surface area contributed by atoms with Crippen LogP contribution in [0.5, 0.6) is 0 Å². The lowest BCUT2D eigenvalue weighted by Crippen LogP contribution is -2.40. The predicted octanol–water partition coefficient (Wildman–Crippen LogP) is 1.01. The molecule has 2 rings (SSSR count). The van der Waals surface area contributed by atoms with Crippen LogP contribution >= 0.6 is 0 Å². The summed E-state index contributed by atoms with van der Waals surface area (Å²) in [6.45, 7) is 0.108. The maximum Gasteiger partial charge on any atom is 0.110 e. The number of hydrogen-bond donors (Lipinski definition) is 2. The van der Waals surface area contributed by atoms with Gasteiger partial charge in [-0.15, -0.1) is 0 Å². The molecule has 0 fully saturated rings. The Morgan fingerprint density at radius 3 is 2.67 bits per heavy atom. The third-order valence-corrected chi connectivity index (χ3v) is 3.58. The lowest BCUT2D eigenvalue weighted by atomic mass is 9.77. The van der Waals surface area contributed by atoms with E-state index < -0.39 is 11.5 Å². The quantitative estimate of drug-likeness (QED) is 0.836. The van der Waals surface area contributed by atoms with Crippen molar-refractivity contribution >= 4 is 0 Å². The molecule has 0 aliphatic carbocycles. The van der Waals surface area contributed by atoms with Crippen molar-refractivity contribution in [1.29, 1.82) is 5.26 Å². The number of aliphatic hydroxyl groups is 2. The predicted molar refractivity (Wildman–Crippen MR) is 65.6 cm³/mol. The van der Waals surface area contributed by atoms with Gasteiger partial charge in [0, 0.05) is 6.61 Å². The van der Waals surface area contributed by atoms with Gasteiger partial charge < -0.3 is 14.9 Å². The Morgan fingerprint density at radius 1 is 1.33 bits per heavy atom. The highest BCUT2D eigenvalue weighted by molar-refractivity contribution is 5.31. The Morgan fingerprint density at radius 2 is 2.06 bits per heavy atom. The molecule has 0 saturated carbocycles. The zero-order valence-corrected chi connectivity index (χ0v) is 10.2. The van der Waals surface area contributed by atoms with E-state index in [0.29, 0.717) is 19.4 Å². The molecule has 96 valence electrons. The van der Waals surface area contributed by atoms with Gasteiger partial charge in [-0.2, -0.15) is 5.26 Å². The van der Waals surface area contributed by atoms with Gasteiger partial charge in [-0.05, 0) is 24.0 Å². The van der Waals surface area contributed by atoms with Crippen molar-refractivity contribution < 1.29 is 14.9 Å². The second kappa shape index (κ2) is 5.49. The Kier molecular flexibility index (Phi) is 3.97. The molecule has 2 atom stereocenters. The van der Waals surface area contributed by atoms with Crippen LogP contribution in [0.2, 0.25) is 0 Å². The molecule has 0 radical (unpaired) electrons. The molecule has 0 amide bonds. The van der Waals surface area contributed by atoms with E-state index in [0.717, 1.165) is 11.1 Å². The van der Waals surface area contributed by atoms with Crippen LogP contribution in [0, 0.1) is 16.7 Å². The number of benzene rings is 1. The molecule has 0 spiro atoms. The summed E-state index contributed by atoms with van der Waals surface area (Å²) in [4.78, 5) is 0. The van der Waals surface area contributed by atoms with Crippen molar-refractivity contribution in [3.8, 4) is 6.07 Å². The largest absolute Gasteiger partial charge is 0.396 e. The molecular weight excluding hydrogens is 230 g/mol. The normalized spacial score (nSPS) is 27.1. The van der Waals surface area contributed by atoms with Gasteiger partial charge in [-0.3, -0.25) is 0 Å². The second-order valence-corrected chi connectivity index (χ2v) is 4.68. The zero-order valence-electron chi connectivity index (χ0n) is 10.2. The van der Waals surface area contributed by atoms with E-state index in [9.17, 15) is 10.4 Å². The molecule has 0 aromatic heterocycles. The molecule has 0 unspecified atom stereocenters. The Balaban J connectivity index is 2.38. The van der Waals surface area contributed by atoms with Crippen molar-refractivity contribution in [1.82, 2.24) is 0 Å². The lowest BCUT2D eigenvalue weighted by Gasteiger charge is -2.30.